The first-order valence-electron chi connectivity index (χ1n) is 7.61. The summed E-state index contributed by atoms with van der Waals surface area (Å²) >= 11 is 0. The number of benzene rings is 1. The van der Waals surface area contributed by atoms with Crippen molar-refractivity contribution in [1.82, 2.24) is 5.32 Å². The molecule has 1 heterocycles. The third-order valence-electron chi connectivity index (χ3n) is 3.48. The summed E-state index contributed by atoms with van der Waals surface area (Å²) in [6, 6.07) is 6.40. The fraction of sp³-hybridized carbons (Fsp3) is 0.647. The summed E-state index contributed by atoms with van der Waals surface area (Å²) in [4.78, 5) is 0. The average Bonchev–Trinajstić information content (AvgIpc) is 2.34. The van der Waals surface area contributed by atoms with Crippen LogP contribution in [0.5, 0.6) is 11.5 Å². The van der Waals surface area contributed by atoms with Crippen LogP contribution in [0.15, 0.2) is 18.2 Å². The molecule has 1 aliphatic heterocycles. The molecule has 0 bridgehead atoms. The Morgan fingerprint density at radius 3 is 2.80 bits per heavy atom. The molecular weight excluding hydrogens is 250 g/mol. The number of rotatable bonds is 5. The molecule has 1 unspecified atom stereocenters. The maximum atomic E-state index is 6.12. The molecule has 3 heteroatoms. The van der Waals surface area contributed by atoms with Crippen molar-refractivity contribution in [3.63, 3.8) is 0 Å². The van der Waals surface area contributed by atoms with Crippen molar-refractivity contribution in [3.8, 4) is 11.5 Å². The summed E-state index contributed by atoms with van der Waals surface area (Å²) in [5.41, 5.74) is 1.03. The first-order valence-corrected chi connectivity index (χ1v) is 7.61. The third-order valence-corrected chi connectivity index (χ3v) is 3.48. The van der Waals surface area contributed by atoms with Crippen LogP contribution >= 0.6 is 0 Å². The molecular formula is C17H27NO2. The van der Waals surface area contributed by atoms with E-state index in [1.165, 1.54) is 5.56 Å². The minimum absolute atomic E-state index is 0.142. The van der Waals surface area contributed by atoms with E-state index in [0.29, 0.717) is 12.0 Å². The van der Waals surface area contributed by atoms with E-state index in [1.807, 2.05) is 18.2 Å². The number of ether oxygens (including phenoxy) is 2. The molecule has 1 atom stereocenters. The highest BCUT2D eigenvalue weighted by atomic mass is 16.5. The first kappa shape index (κ1) is 15.2. The van der Waals surface area contributed by atoms with Crippen molar-refractivity contribution >= 4 is 0 Å². The predicted molar refractivity (Wildman–Crippen MR) is 82.5 cm³/mol. The maximum Gasteiger partial charge on any atom is 0.128 e. The normalized spacial score (nSPS) is 20.4. The van der Waals surface area contributed by atoms with Gasteiger partial charge in [-0.3, -0.25) is 0 Å². The molecule has 112 valence electrons. The molecule has 0 aliphatic carbocycles. The predicted octanol–water partition coefficient (Wildman–Crippen LogP) is 3.93. The van der Waals surface area contributed by atoms with Crippen LogP contribution in [0.4, 0.5) is 0 Å². The van der Waals surface area contributed by atoms with Gasteiger partial charge < -0.3 is 14.8 Å². The zero-order chi connectivity index (χ0) is 14.8. The highest BCUT2D eigenvalue weighted by molar-refractivity contribution is 5.48. The number of fused-ring (bicyclic) bond motifs is 1. The van der Waals surface area contributed by atoms with Gasteiger partial charge in [0.25, 0.3) is 0 Å². The molecule has 0 aromatic heterocycles. The van der Waals surface area contributed by atoms with Gasteiger partial charge in [0.1, 0.15) is 17.1 Å². The van der Waals surface area contributed by atoms with Crippen LogP contribution in [0, 0.1) is 5.92 Å². The second kappa shape index (κ2) is 6.04. The molecule has 1 aromatic rings. The van der Waals surface area contributed by atoms with Gasteiger partial charge in [0, 0.05) is 12.5 Å². The molecule has 0 amide bonds. The van der Waals surface area contributed by atoms with Crippen LogP contribution in [-0.2, 0) is 0 Å². The molecule has 0 saturated carbocycles. The average molecular weight is 277 g/mol. The molecule has 0 spiro atoms. The van der Waals surface area contributed by atoms with Gasteiger partial charge in [-0.15, -0.1) is 0 Å². The third kappa shape index (κ3) is 3.45. The van der Waals surface area contributed by atoms with E-state index in [1.54, 1.807) is 0 Å². The summed E-state index contributed by atoms with van der Waals surface area (Å²) in [6.45, 7) is 12.4. The van der Waals surface area contributed by atoms with Crippen LogP contribution in [0.25, 0.3) is 0 Å². The zero-order valence-corrected chi connectivity index (χ0v) is 13.3. The van der Waals surface area contributed by atoms with E-state index in [-0.39, 0.29) is 5.60 Å². The van der Waals surface area contributed by atoms with Crippen LogP contribution in [0.3, 0.4) is 0 Å². The highest BCUT2D eigenvalue weighted by Crippen LogP contribution is 2.44. The van der Waals surface area contributed by atoms with Gasteiger partial charge in [-0.2, -0.15) is 0 Å². The van der Waals surface area contributed by atoms with Gasteiger partial charge >= 0.3 is 0 Å². The van der Waals surface area contributed by atoms with E-state index < -0.39 is 0 Å². The van der Waals surface area contributed by atoms with Crippen LogP contribution < -0.4 is 14.8 Å². The Hall–Kier alpha value is -1.22. The molecule has 2 rings (SSSR count). The molecule has 1 N–H and O–H groups in total. The lowest BCUT2D eigenvalue weighted by molar-refractivity contribution is 0.0645. The quantitative estimate of drug-likeness (QED) is 0.884. The summed E-state index contributed by atoms with van der Waals surface area (Å²) in [7, 11) is 0. The molecule has 0 radical (unpaired) electrons. The Kier molecular flexibility index (Phi) is 4.59. The molecule has 0 fully saturated rings. The lowest BCUT2D eigenvalue weighted by atomic mass is 9.89. The van der Waals surface area contributed by atoms with E-state index in [4.69, 9.17) is 9.47 Å². The van der Waals surface area contributed by atoms with Crippen molar-refractivity contribution in [2.75, 3.05) is 13.2 Å². The second-order valence-corrected chi connectivity index (χ2v) is 6.55. The van der Waals surface area contributed by atoms with Gasteiger partial charge in [-0.1, -0.05) is 26.8 Å². The second-order valence-electron chi connectivity index (χ2n) is 6.55. The summed E-state index contributed by atoms with van der Waals surface area (Å²) < 4.78 is 12.1. The van der Waals surface area contributed by atoms with E-state index in [0.717, 1.165) is 31.1 Å². The lowest BCUT2D eigenvalue weighted by Gasteiger charge is -2.38. The number of nitrogens with one attached hydrogen (secondary N) is 1. The van der Waals surface area contributed by atoms with Crippen LogP contribution in [-0.4, -0.2) is 18.8 Å². The van der Waals surface area contributed by atoms with Crippen molar-refractivity contribution in [2.45, 2.75) is 52.7 Å². The van der Waals surface area contributed by atoms with Crippen molar-refractivity contribution in [2.24, 2.45) is 5.92 Å². The van der Waals surface area contributed by atoms with Crippen molar-refractivity contribution in [1.29, 1.82) is 0 Å². The standard InChI is InChI=1S/C17H27NO2/c1-6-18-13-10-17(4,5)20-15-9-7-8-14(16(13)15)19-11-12(2)3/h7-9,12-13,18H,6,10-11H2,1-5H3. The molecule has 20 heavy (non-hydrogen) atoms. The van der Waals surface area contributed by atoms with Crippen molar-refractivity contribution < 1.29 is 9.47 Å². The molecule has 0 saturated heterocycles. The van der Waals surface area contributed by atoms with E-state index in [9.17, 15) is 0 Å². The van der Waals surface area contributed by atoms with Crippen LogP contribution in [0.1, 0.15) is 52.6 Å². The van der Waals surface area contributed by atoms with Gasteiger partial charge in [0.15, 0.2) is 0 Å². The number of hydrogen-bond donors (Lipinski definition) is 1. The fourth-order valence-corrected chi connectivity index (χ4v) is 2.69. The van der Waals surface area contributed by atoms with Gasteiger partial charge in [-0.05, 0) is 38.4 Å². The zero-order valence-electron chi connectivity index (χ0n) is 13.3. The van der Waals surface area contributed by atoms with E-state index in [2.05, 4.69) is 39.9 Å². The minimum atomic E-state index is -0.142. The molecule has 1 aromatic carbocycles. The van der Waals surface area contributed by atoms with E-state index >= 15 is 0 Å². The highest BCUT2D eigenvalue weighted by Gasteiger charge is 2.35. The summed E-state index contributed by atoms with van der Waals surface area (Å²) in [5.74, 6) is 2.43. The minimum Gasteiger partial charge on any atom is -0.493 e. The number of hydrogen-bond acceptors (Lipinski definition) is 3. The van der Waals surface area contributed by atoms with Gasteiger partial charge in [-0.25, -0.2) is 0 Å². The Morgan fingerprint density at radius 2 is 2.15 bits per heavy atom. The smallest absolute Gasteiger partial charge is 0.128 e. The first-order chi connectivity index (χ1) is 9.43. The fourth-order valence-electron chi connectivity index (χ4n) is 2.69. The van der Waals surface area contributed by atoms with Gasteiger partial charge in [0.05, 0.1) is 12.2 Å². The maximum absolute atomic E-state index is 6.12. The Bertz CT molecular complexity index is 454. The molecule has 1 aliphatic rings. The SMILES string of the molecule is CCNC1CC(C)(C)Oc2cccc(OCC(C)C)c21. The monoisotopic (exact) mass is 277 g/mol. The Balaban J connectivity index is 2.33. The topological polar surface area (TPSA) is 30.5 Å². The summed E-state index contributed by atoms with van der Waals surface area (Å²) in [6.07, 6.45) is 0.954. The van der Waals surface area contributed by atoms with Gasteiger partial charge in [0.2, 0.25) is 0 Å². The Morgan fingerprint density at radius 1 is 1.40 bits per heavy atom. The lowest BCUT2D eigenvalue weighted by Crippen LogP contribution is -2.39. The van der Waals surface area contributed by atoms with Crippen molar-refractivity contribution in [3.05, 3.63) is 23.8 Å². The Labute approximate surface area is 122 Å². The molecule has 3 nitrogen and oxygen atoms in total. The van der Waals surface area contributed by atoms with Crippen LogP contribution in [0.2, 0.25) is 0 Å². The summed E-state index contributed by atoms with van der Waals surface area (Å²) in [5, 5.41) is 3.56. The largest absolute Gasteiger partial charge is 0.493 e.